The first-order valence-electron chi connectivity index (χ1n) is 6.50. The van der Waals surface area contributed by atoms with Crippen molar-refractivity contribution in [2.24, 2.45) is 5.92 Å². The fourth-order valence-corrected chi connectivity index (χ4v) is 1.96. The van der Waals surface area contributed by atoms with E-state index in [1.807, 2.05) is 19.1 Å². The molecule has 0 aliphatic rings. The van der Waals surface area contributed by atoms with Crippen molar-refractivity contribution in [1.29, 1.82) is 0 Å². The van der Waals surface area contributed by atoms with Crippen molar-refractivity contribution in [2.45, 2.75) is 39.5 Å². The highest BCUT2D eigenvalue weighted by atomic mass is 16.4. The predicted octanol–water partition coefficient (Wildman–Crippen LogP) is 3.08. The number of aromatic nitrogens is 1. The van der Waals surface area contributed by atoms with Crippen LogP contribution < -0.4 is 5.32 Å². The second-order valence-corrected chi connectivity index (χ2v) is 4.61. The fraction of sp³-hybridized carbons (Fsp3) is 0.571. The lowest BCUT2D eigenvalue weighted by atomic mass is 9.96. The van der Waals surface area contributed by atoms with Gasteiger partial charge < -0.3 is 10.4 Å². The molecule has 0 spiro atoms. The summed E-state index contributed by atoms with van der Waals surface area (Å²) in [6, 6.07) is 3.96. The van der Waals surface area contributed by atoms with E-state index in [1.165, 1.54) is 0 Å². The third kappa shape index (κ3) is 5.66. The molecule has 1 rings (SSSR count). The molecule has 0 saturated carbocycles. The van der Waals surface area contributed by atoms with E-state index in [1.54, 1.807) is 6.20 Å². The summed E-state index contributed by atoms with van der Waals surface area (Å²) < 4.78 is 0. The van der Waals surface area contributed by atoms with Gasteiger partial charge in [0.15, 0.2) is 0 Å². The molecule has 4 nitrogen and oxygen atoms in total. The van der Waals surface area contributed by atoms with Crippen LogP contribution in [0, 0.1) is 12.8 Å². The number of hydrogen-bond acceptors (Lipinski definition) is 3. The van der Waals surface area contributed by atoms with Gasteiger partial charge in [0, 0.05) is 30.5 Å². The molecule has 100 valence electrons. The molecule has 1 atom stereocenters. The maximum absolute atomic E-state index is 10.5. The summed E-state index contributed by atoms with van der Waals surface area (Å²) in [7, 11) is 0. The molecule has 1 heterocycles. The van der Waals surface area contributed by atoms with Crippen molar-refractivity contribution in [2.75, 3.05) is 11.9 Å². The van der Waals surface area contributed by atoms with Gasteiger partial charge in [-0.15, -0.1) is 0 Å². The molecule has 0 aromatic carbocycles. The second-order valence-electron chi connectivity index (χ2n) is 4.61. The Hall–Kier alpha value is -1.58. The quantitative estimate of drug-likeness (QED) is 0.744. The van der Waals surface area contributed by atoms with Crippen LogP contribution in [-0.4, -0.2) is 22.6 Å². The number of aryl methyl sites for hydroxylation is 1. The van der Waals surface area contributed by atoms with E-state index < -0.39 is 5.97 Å². The first kappa shape index (κ1) is 14.5. The van der Waals surface area contributed by atoms with Gasteiger partial charge in [0.1, 0.15) is 0 Å². The molecule has 4 heteroatoms. The third-order valence-corrected chi connectivity index (χ3v) is 3.12. The SMILES string of the molecule is CCC(CCNc1ccnc(C)c1)CCC(=O)O. The molecule has 0 radical (unpaired) electrons. The molecule has 0 amide bonds. The van der Waals surface area contributed by atoms with Gasteiger partial charge in [0.2, 0.25) is 0 Å². The lowest BCUT2D eigenvalue weighted by molar-refractivity contribution is -0.137. The van der Waals surface area contributed by atoms with Crippen LogP contribution in [0.15, 0.2) is 18.3 Å². The van der Waals surface area contributed by atoms with Crippen molar-refractivity contribution in [1.82, 2.24) is 4.98 Å². The number of nitrogens with one attached hydrogen (secondary N) is 1. The van der Waals surface area contributed by atoms with Gasteiger partial charge >= 0.3 is 5.97 Å². The molecule has 0 aliphatic heterocycles. The van der Waals surface area contributed by atoms with Gasteiger partial charge in [-0.05, 0) is 37.8 Å². The number of carboxylic acid groups (broad SMARTS) is 1. The molecule has 1 aromatic heterocycles. The van der Waals surface area contributed by atoms with Crippen LogP contribution in [0.25, 0.3) is 0 Å². The number of carbonyl (C=O) groups is 1. The first-order chi connectivity index (χ1) is 8.61. The number of hydrogen-bond donors (Lipinski definition) is 2. The monoisotopic (exact) mass is 250 g/mol. The lowest BCUT2D eigenvalue weighted by Crippen LogP contribution is -2.10. The zero-order valence-corrected chi connectivity index (χ0v) is 11.1. The molecule has 18 heavy (non-hydrogen) atoms. The van der Waals surface area contributed by atoms with Crippen molar-refractivity contribution < 1.29 is 9.90 Å². The van der Waals surface area contributed by atoms with Crippen LogP contribution in [0.2, 0.25) is 0 Å². The minimum atomic E-state index is -0.703. The van der Waals surface area contributed by atoms with Crippen LogP contribution in [0.4, 0.5) is 5.69 Å². The second kappa shape index (κ2) is 7.69. The summed E-state index contributed by atoms with van der Waals surface area (Å²) in [6.45, 7) is 4.96. The van der Waals surface area contributed by atoms with E-state index in [2.05, 4.69) is 17.2 Å². The van der Waals surface area contributed by atoms with E-state index in [0.717, 1.165) is 37.2 Å². The Morgan fingerprint density at radius 2 is 2.28 bits per heavy atom. The zero-order valence-electron chi connectivity index (χ0n) is 11.1. The summed E-state index contributed by atoms with van der Waals surface area (Å²) in [6.07, 6.45) is 4.87. The highest BCUT2D eigenvalue weighted by Crippen LogP contribution is 2.16. The van der Waals surface area contributed by atoms with Crippen LogP contribution >= 0.6 is 0 Å². The van der Waals surface area contributed by atoms with Crippen LogP contribution in [0.1, 0.15) is 38.3 Å². The number of rotatable bonds is 8. The average molecular weight is 250 g/mol. The zero-order chi connectivity index (χ0) is 13.4. The average Bonchev–Trinajstić information content (AvgIpc) is 2.33. The first-order valence-corrected chi connectivity index (χ1v) is 6.50. The summed E-state index contributed by atoms with van der Waals surface area (Å²) in [5, 5.41) is 12.0. The van der Waals surface area contributed by atoms with Gasteiger partial charge in [-0.25, -0.2) is 0 Å². The Kier molecular flexibility index (Phi) is 6.19. The Labute approximate surface area is 108 Å². The number of carboxylic acids is 1. The normalized spacial score (nSPS) is 12.1. The summed E-state index contributed by atoms with van der Waals surface area (Å²) in [5.74, 6) is -0.220. The molecule has 0 saturated heterocycles. The summed E-state index contributed by atoms with van der Waals surface area (Å²) in [4.78, 5) is 14.7. The minimum absolute atomic E-state index is 0.271. The highest BCUT2D eigenvalue weighted by molar-refractivity contribution is 5.66. The molecule has 1 unspecified atom stereocenters. The van der Waals surface area contributed by atoms with E-state index in [9.17, 15) is 4.79 Å². The van der Waals surface area contributed by atoms with Gasteiger partial charge in [0.05, 0.1) is 0 Å². The predicted molar refractivity (Wildman–Crippen MR) is 72.7 cm³/mol. The number of pyridine rings is 1. The van der Waals surface area contributed by atoms with Crippen molar-refractivity contribution in [3.63, 3.8) is 0 Å². The maximum Gasteiger partial charge on any atom is 0.303 e. The Balaban J connectivity index is 2.28. The molecule has 2 N–H and O–H groups in total. The third-order valence-electron chi connectivity index (χ3n) is 3.12. The van der Waals surface area contributed by atoms with Crippen molar-refractivity contribution in [3.8, 4) is 0 Å². The smallest absolute Gasteiger partial charge is 0.303 e. The van der Waals surface area contributed by atoms with E-state index >= 15 is 0 Å². The van der Waals surface area contributed by atoms with Crippen LogP contribution in [0.5, 0.6) is 0 Å². The molecular weight excluding hydrogens is 228 g/mol. The Morgan fingerprint density at radius 3 is 2.89 bits per heavy atom. The largest absolute Gasteiger partial charge is 0.481 e. The number of nitrogens with zero attached hydrogens (tertiary/aromatic N) is 1. The maximum atomic E-state index is 10.5. The number of anilines is 1. The summed E-state index contributed by atoms with van der Waals surface area (Å²) in [5.41, 5.74) is 2.08. The van der Waals surface area contributed by atoms with E-state index in [0.29, 0.717) is 5.92 Å². The topological polar surface area (TPSA) is 62.2 Å². The number of aliphatic carboxylic acids is 1. The van der Waals surface area contributed by atoms with E-state index in [4.69, 9.17) is 5.11 Å². The van der Waals surface area contributed by atoms with Crippen molar-refractivity contribution in [3.05, 3.63) is 24.0 Å². The lowest BCUT2D eigenvalue weighted by Gasteiger charge is -2.14. The molecular formula is C14H22N2O2. The molecule has 0 bridgehead atoms. The van der Waals surface area contributed by atoms with Gasteiger partial charge in [-0.3, -0.25) is 9.78 Å². The molecule has 0 fully saturated rings. The van der Waals surface area contributed by atoms with Crippen molar-refractivity contribution >= 4 is 11.7 Å². The van der Waals surface area contributed by atoms with Crippen LogP contribution in [0.3, 0.4) is 0 Å². The summed E-state index contributed by atoms with van der Waals surface area (Å²) >= 11 is 0. The molecule has 1 aromatic rings. The van der Waals surface area contributed by atoms with Crippen LogP contribution in [-0.2, 0) is 4.79 Å². The van der Waals surface area contributed by atoms with Gasteiger partial charge in [-0.2, -0.15) is 0 Å². The fourth-order valence-electron chi connectivity index (χ4n) is 1.96. The Morgan fingerprint density at radius 1 is 1.50 bits per heavy atom. The standard InChI is InChI=1S/C14H22N2O2/c1-3-12(4-5-14(17)18)6-8-16-13-7-9-15-11(2)10-13/h7,9-10,12H,3-6,8H2,1-2H3,(H,15,16)(H,17,18). The highest BCUT2D eigenvalue weighted by Gasteiger charge is 2.08. The van der Waals surface area contributed by atoms with Gasteiger partial charge in [-0.1, -0.05) is 13.3 Å². The Bertz CT molecular complexity index is 380. The van der Waals surface area contributed by atoms with Gasteiger partial charge in [0.25, 0.3) is 0 Å². The van der Waals surface area contributed by atoms with E-state index in [-0.39, 0.29) is 6.42 Å². The minimum Gasteiger partial charge on any atom is -0.481 e. The molecule has 0 aliphatic carbocycles.